The van der Waals surface area contributed by atoms with Crippen LogP contribution < -0.4 is 5.32 Å². The van der Waals surface area contributed by atoms with Crippen LogP contribution in [0.15, 0.2) is 24.3 Å². The van der Waals surface area contributed by atoms with E-state index >= 15 is 0 Å². The zero-order valence-electron chi connectivity index (χ0n) is 10.2. The molecule has 0 aliphatic rings. The molecule has 1 aromatic carbocycles. The minimum Gasteiger partial charge on any atom is -0.382 e. The van der Waals surface area contributed by atoms with Gasteiger partial charge in [-0.2, -0.15) is 5.26 Å². The summed E-state index contributed by atoms with van der Waals surface area (Å²) in [5.74, 6) is 0. The molecular formula is C14H20N2. The van der Waals surface area contributed by atoms with Crippen molar-refractivity contribution in [2.24, 2.45) is 0 Å². The van der Waals surface area contributed by atoms with E-state index in [9.17, 15) is 0 Å². The fourth-order valence-electron chi connectivity index (χ4n) is 1.74. The first-order chi connectivity index (χ1) is 7.77. The molecule has 0 radical (unpaired) electrons. The number of rotatable bonds is 6. The van der Waals surface area contributed by atoms with Crippen molar-refractivity contribution in [3.8, 4) is 6.07 Å². The number of benzene rings is 1. The summed E-state index contributed by atoms with van der Waals surface area (Å²) >= 11 is 0. The molecule has 0 amide bonds. The number of nitrogens with one attached hydrogen (secondary N) is 1. The summed E-state index contributed by atoms with van der Waals surface area (Å²) in [4.78, 5) is 0. The Morgan fingerprint density at radius 3 is 2.75 bits per heavy atom. The molecule has 0 aliphatic heterocycles. The Morgan fingerprint density at radius 2 is 2.06 bits per heavy atom. The number of para-hydroxylation sites is 1. The van der Waals surface area contributed by atoms with Crippen molar-refractivity contribution >= 4 is 5.69 Å². The fourth-order valence-corrected chi connectivity index (χ4v) is 1.74. The molecule has 1 rings (SSSR count). The summed E-state index contributed by atoms with van der Waals surface area (Å²) in [6.07, 6.45) is 4.94. The van der Waals surface area contributed by atoms with Gasteiger partial charge in [-0.25, -0.2) is 0 Å². The third kappa shape index (κ3) is 3.94. The van der Waals surface area contributed by atoms with Gasteiger partial charge < -0.3 is 5.32 Å². The van der Waals surface area contributed by atoms with Crippen molar-refractivity contribution in [2.75, 3.05) is 5.32 Å². The number of nitrogens with zero attached hydrogens (tertiary/aromatic N) is 1. The van der Waals surface area contributed by atoms with E-state index in [4.69, 9.17) is 5.26 Å². The predicted octanol–water partition coefficient (Wildman–Crippen LogP) is 3.94. The Bertz CT molecular complexity index is 352. The van der Waals surface area contributed by atoms with Crippen LogP contribution in [-0.4, -0.2) is 6.04 Å². The Hall–Kier alpha value is -1.49. The quantitative estimate of drug-likeness (QED) is 0.731. The lowest BCUT2D eigenvalue weighted by molar-refractivity contribution is 0.615. The van der Waals surface area contributed by atoms with Gasteiger partial charge in [-0.15, -0.1) is 0 Å². The lowest BCUT2D eigenvalue weighted by Gasteiger charge is -2.15. The van der Waals surface area contributed by atoms with Crippen molar-refractivity contribution in [3.63, 3.8) is 0 Å². The first-order valence-corrected chi connectivity index (χ1v) is 6.03. The number of anilines is 1. The van der Waals surface area contributed by atoms with Gasteiger partial charge in [-0.1, -0.05) is 38.3 Å². The molecule has 0 spiro atoms. The van der Waals surface area contributed by atoms with Gasteiger partial charge in [-0.3, -0.25) is 0 Å². The topological polar surface area (TPSA) is 35.8 Å². The molecule has 0 saturated carbocycles. The SMILES string of the molecule is CCCCCC(C)Nc1ccccc1C#N. The van der Waals surface area contributed by atoms with Crippen LogP contribution in [0.5, 0.6) is 0 Å². The lowest BCUT2D eigenvalue weighted by Crippen LogP contribution is -2.15. The van der Waals surface area contributed by atoms with E-state index in [0.29, 0.717) is 6.04 Å². The molecule has 0 aromatic heterocycles. The van der Waals surface area contributed by atoms with Gasteiger partial charge in [-0.05, 0) is 25.5 Å². The smallest absolute Gasteiger partial charge is 0.101 e. The van der Waals surface area contributed by atoms with E-state index in [1.165, 1.54) is 19.3 Å². The van der Waals surface area contributed by atoms with Gasteiger partial charge in [0.05, 0.1) is 11.3 Å². The molecule has 0 fully saturated rings. The second-order valence-electron chi connectivity index (χ2n) is 4.20. The molecule has 16 heavy (non-hydrogen) atoms. The molecule has 2 heteroatoms. The summed E-state index contributed by atoms with van der Waals surface area (Å²) in [5, 5.41) is 12.4. The molecule has 0 saturated heterocycles. The minimum absolute atomic E-state index is 0.432. The Balaban J connectivity index is 2.49. The Morgan fingerprint density at radius 1 is 1.31 bits per heavy atom. The van der Waals surface area contributed by atoms with Crippen LogP contribution >= 0.6 is 0 Å². The van der Waals surface area contributed by atoms with Crippen LogP contribution in [0, 0.1) is 11.3 Å². The van der Waals surface area contributed by atoms with Crippen molar-refractivity contribution < 1.29 is 0 Å². The summed E-state index contributed by atoms with van der Waals surface area (Å²) < 4.78 is 0. The van der Waals surface area contributed by atoms with Crippen LogP contribution in [0.4, 0.5) is 5.69 Å². The lowest BCUT2D eigenvalue weighted by atomic mass is 10.1. The maximum atomic E-state index is 8.96. The number of nitriles is 1. The highest BCUT2D eigenvalue weighted by atomic mass is 14.9. The van der Waals surface area contributed by atoms with Crippen LogP contribution in [0.3, 0.4) is 0 Å². The van der Waals surface area contributed by atoms with Crippen LogP contribution in [0.1, 0.15) is 45.1 Å². The van der Waals surface area contributed by atoms with Crippen molar-refractivity contribution in [1.29, 1.82) is 5.26 Å². The average Bonchev–Trinajstić information content (AvgIpc) is 2.30. The standard InChI is InChI=1S/C14H20N2/c1-3-4-5-8-12(2)16-14-10-7-6-9-13(14)11-15/h6-7,9-10,12,16H,3-5,8H2,1-2H3. The van der Waals surface area contributed by atoms with Crippen LogP contribution in [0.2, 0.25) is 0 Å². The molecule has 2 nitrogen and oxygen atoms in total. The molecule has 1 aromatic rings. The molecule has 86 valence electrons. The Kier molecular flexibility index (Phi) is 5.42. The average molecular weight is 216 g/mol. The van der Waals surface area contributed by atoms with Crippen molar-refractivity contribution in [2.45, 2.75) is 45.6 Å². The van der Waals surface area contributed by atoms with Gasteiger partial charge in [0.1, 0.15) is 6.07 Å². The van der Waals surface area contributed by atoms with Gasteiger partial charge >= 0.3 is 0 Å². The number of hydrogen-bond donors (Lipinski definition) is 1. The van der Waals surface area contributed by atoms with Crippen molar-refractivity contribution in [1.82, 2.24) is 0 Å². The highest BCUT2D eigenvalue weighted by Gasteiger charge is 2.04. The minimum atomic E-state index is 0.432. The van der Waals surface area contributed by atoms with E-state index in [0.717, 1.165) is 17.7 Å². The number of hydrogen-bond acceptors (Lipinski definition) is 2. The second kappa shape index (κ2) is 6.90. The molecule has 1 unspecified atom stereocenters. The third-order valence-corrected chi connectivity index (χ3v) is 2.69. The molecule has 0 aliphatic carbocycles. The van der Waals surface area contributed by atoms with Gasteiger partial charge in [0, 0.05) is 6.04 Å². The molecule has 0 bridgehead atoms. The Labute approximate surface area is 98.3 Å². The normalized spacial score (nSPS) is 11.8. The van der Waals surface area contributed by atoms with Crippen LogP contribution in [-0.2, 0) is 0 Å². The molecular weight excluding hydrogens is 196 g/mol. The maximum Gasteiger partial charge on any atom is 0.101 e. The maximum absolute atomic E-state index is 8.96. The van der Waals surface area contributed by atoms with E-state index in [1.807, 2.05) is 24.3 Å². The van der Waals surface area contributed by atoms with E-state index < -0.39 is 0 Å². The first kappa shape index (κ1) is 12.6. The molecule has 0 heterocycles. The van der Waals surface area contributed by atoms with Gasteiger partial charge in [0.2, 0.25) is 0 Å². The first-order valence-electron chi connectivity index (χ1n) is 6.03. The zero-order chi connectivity index (χ0) is 11.8. The third-order valence-electron chi connectivity index (χ3n) is 2.69. The molecule has 1 N–H and O–H groups in total. The van der Waals surface area contributed by atoms with E-state index in [-0.39, 0.29) is 0 Å². The molecule has 1 atom stereocenters. The van der Waals surface area contributed by atoms with Gasteiger partial charge in [0.25, 0.3) is 0 Å². The summed E-state index contributed by atoms with van der Waals surface area (Å²) in [6.45, 7) is 4.38. The second-order valence-corrected chi connectivity index (χ2v) is 4.20. The van der Waals surface area contributed by atoms with Crippen molar-refractivity contribution in [3.05, 3.63) is 29.8 Å². The largest absolute Gasteiger partial charge is 0.382 e. The monoisotopic (exact) mass is 216 g/mol. The number of unbranched alkanes of at least 4 members (excludes halogenated alkanes) is 2. The van der Waals surface area contributed by atoms with Gasteiger partial charge in [0.15, 0.2) is 0 Å². The summed E-state index contributed by atoms with van der Waals surface area (Å²) in [7, 11) is 0. The van der Waals surface area contributed by atoms with E-state index in [2.05, 4.69) is 25.2 Å². The fraction of sp³-hybridized carbons (Fsp3) is 0.500. The van der Waals surface area contributed by atoms with Crippen LogP contribution in [0.25, 0.3) is 0 Å². The van der Waals surface area contributed by atoms with E-state index in [1.54, 1.807) is 0 Å². The highest BCUT2D eigenvalue weighted by Crippen LogP contribution is 2.16. The summed E-state index contributed by atoms with van der Waals surface area (Å²) in [6, 6.07) is 10.3. The highest BCUT2D eigenvalue weighted by molar-refractivity contribution is 5.57. The summed E-state index contributed by atoms with van der Waals surface area (Å²) in [5.41, 5.74) is 1.68. The zero-order valence-corrected chi connectivity index (χ0v) is 10.2. The predicted molar refractivity (Wildman–Crippen MR) is 68.4 cm³/mol.